The molecule has 4 saturated carbocycles. The molecule has 0 aromatic rings. The second-order valence-electron chi connectivity index (χ2n) is 13.5. The molecule has 0 amide bonds. The molecule has 4 heteroatoms. The Kier molecular flexibility index (Phi) is 9.60. The van der Waals surface area contributed by atoms with Crippen molar-refractivity contribution in [3.63, 3.8) is 0 Å². The third kappa shape index (κ3) is 7.48. The van der Waals surface area contributed by atoms with E-state index in [1.807, 2.05) is 0 Å². The molecular weight excluding hydrogens is 436 g/mol. The summed E-state index contributed by atoms with van der Waals surface area (Å²) in [6.45, 7) is 6.91. The molecular formula is C31H52O4. The summed E-state index contributed by atoms with van der Waals surface area (Å²) in [7, 11) is 0. The summed E-state index contributed by atoms with van der Waals surface area (Å²) in [6.07, 6.45) is 19.3. The van der Waals surface area contributed by atoms with Crippen LogP contribution in [0.4, 0.5) is 0 Å². The first-order chi connectivity index (χ1) is 16.8. The SMILES string of the molecule is CC1CCC(C(=O)O[C@H](C2CCCCC2)[C@H](OC(=O)C2CCC(C)(C)CC2)C2CCCCC2)CC1. The van der Waals surface area contributed by atoms with Crippen molar-refractivity contribution in [2.75, 3.05) is 0 Å². The van der Waals surface area contributed by atoms with Crippen LogP contribution in [-0.2, 0) is 19.1 Å². The van der Waals surface area contributed by atoms with Crippen LogP contribution in [-0.4, -0.2) is 24.1 Å². The van der Waals surface area contributed by atoms with E-state index in [0.717, 1.165) is 77.0 Å². The van der Waals surface area contributed by atoms with E-state index in [2.05, 4.69) is 20.8 Å². The van der Waals surface area contributed by atoms with Crippen molar-refractivity contribution in [2.45, 2.75) is 149 Å². The smallest absolute Gasteiger partial charge is 0.309 e. The summed E-state index contributed by atoms with van der Waals surface area (Å²) in [6, 6.07) is 0. The van der Waals surface area contributed by atoms with E-state index in [-0.39, 0.29) is 36.0 Å². The molecule has 35 heavy (non-hydrogen) atoms. The number of hydrogen-bond acceptors (Lipinski definition) is 4. The number of carbonyl (C=O) groups is 2. The van der Waals surface area contributed by atoms with Crippen LogP contribution in [0.2, 0.25) is 0 Å². The molecule has 0 aromatic heterocycles. The molecule has 0 aliphatic heterocycles. The molecule has 0 spiro atoms. The maximum atomic E-state index is 13.5. The number of ether oxygens (including phenoxy) is 2. The Hall–Kier alpha value is -1.06. The number of rotatable bonds is 7. The van der Waals surface area contributed by atoms with Gasteiger partial charge in [-0.25, -0.2) is 0 Å². The summed E-state index contributed by atoms with van der Waals surface area (Å²) in [5.74, 6) is 1.39. The zero-order chi connectivity index (χ0) is 24.8. The minimum atomic E-state index is -0.257. The predicted octanol–water partition coefficient (Wildman–Crippen LogP) is 8.01. The lowest BCUT2D eigenvalue weighted by Crippen LogP contribution is -2.47. The fourth-order valence-electron chi connectivity index (χ4n) is 7.38. The van der Waals surface area contributed by atoms with Gasteiger partial charge in [0, 0.05) is 0 Å². The average molecular weight is 489 g/mol. The van der Waals surface area contributed by atoms with Crippen molar-refractivity contribution >= 4 is 11.9 Å². The molecule has 0 heterocycles. The minimum absolute atomic E-state index is 0.0104. The van der Waals surface area contributed by atoms with Gasteiger partial charge in [0.15, 0.2) is 0 Å². The lowest BCUT2D eigenvalue weighted by molar-refractivity contribution is -0.187. The predicted molar refractivity (Wildman–Crippen MR) is 140 cm³/mol. The van der Waals surface area contributed by atoms with Crippen molar-refractivity contribution in [1.82, 2.24) is 0 Å². The van der Waals surface area contributed by atoms with Gasteiger partial charge in [0.1, 0.15) is 12.2 Å². The molecule has 0 unspecified atom stereocenters. The van der Waals surface area contributed by atoms with Gasteiger partial charge >= 0.3 is 11.9 Å². The van der Waals surface area contributed by atoms with E-state index in [0.29, 0.717) is 23.2 Å². The zero-order valence-electron chi connectivity index (χ0n) is 22.9. The molecule has 4 aliphatic rings. The monoisotopic (exact) mass is 488 g/mol. The molecule has 0 bridgehead atoms. The van der Waals surface area contributed by atoms with Gasteiger partial charge in [-0.1, -0.05) is 59.3 Å². The highest BCUT2D eigenvalue weighted by atomic mass is 16.6. The second-order valence-corrected chi connectivity index (χ2v) is 13.5. The Morgan fingerprint density at radius 1 is 0.600 bits per heavy atom. The standard InChI is InChI=1S/C31H52O4/c1-22-14-16-25(17-15-22)29(32)34-27(23-10-6-4-7-11-23)28(24-12-8-5-9-13-24)35-30(33)26-18-20-31(2,3)21-19-26/h22-28H,4-21H2,1-3H3/t22?,25?,27-,28-/m1/s1. The maximum Gasteiger partial charge on any atom is 0.309 e. The Balaban J connectivity index is 1.51. The van der Waals surface area contributed by atoms with Gasteiger partial charge < -0.3 is 9.47 Å². The van der Waals surface area contributed by atoms with E-state index in [1.54, 1.807) is 0 Å². The fraction of sp³-hybridized carbons (Fsp3) is 0.935. The van der Waals surface area contributed by atoms with Gasteiger partial charge in [0.05, 0.1) is 11.8 Å². The first-order valence-electron chi connectivity index (χ1n) is 15.2. The topological polar surface area (TPSA) is 52.6 Å². The zero-order valence-corrected chi connectivity index (χ0v) is 22.9. The molecule has 0 radical (unpaired) electrons. The Bertz CT molecular complexity index is 670. The van der Waals surface area contributed by atoms with Gasteiger partial charge in [-0.05, 0) is 100 Å². The van der Waals surface area contributed by atoms with Crippen LogP contribution in [0.15, 0.2) is 0 Å². The van der Waals surface area contributed by atoms with Crippen LogP contribution in [0.5, 0.6) is 0 Å². The van der Waals surface area contributed by atoms with Crippen LogP contribution in [0.1, 0.15) is 136 Å². The van der Waals surface area contributed by atoms with Crippen molar-refractivity contribution in [1.29, 1.82) is 0 Å². The maximum absolute atomic E-state index is 13.5. The van der Waals surface area contributed by atoms with Crippen LogP contribution >= 0.6 is 0 Å². The Morgan fingerprint density at radius 3 is 1.43 bits per heavy atom. The van der Waals surface area contributed by atoms with Crippen molar-refractivity contribution in [2.24, 2.45) is 35.0 Å². The van der Waals surface area contributed by atoms with E-state index < -0.39 is 0 Å². The Labute approximate surface area is 214 Å². The number of esters is 2. The van der Waals surface area contributed by atoms with Gasteiger partial charge in [-0.2, -0.15) is 0 Å². The van der Waals surface area contributed by atoms with Crippen LogP contribution < -0.4 is 0 Å². The Morgan fingerprint density at radius 2 is 1.00 bits per heavy atom. The quantitative estimate of drug-likeness (QED) is 0.341. The minimum Gasteiger partial charge on any atom is -0.458 e. The molecule has 0 aromatic carbocycles. The van der Waals surface area contributed by atoms with Crippen molar-refractivity contribution in [3.8, 4) is 0 Å². The molecule has 0 saturated heterocycles. The third-order valence-corrected chi connectivity index (χ3v) is 10.1. The molecule has 200 valence electrons. The van der Waals surface area contributed by atoms with Gasteiger partial charge in [0.2, 0.25) is 0 Å². The van der Waals surface area contributed by atoms with Crippen LogP contribution in [0.3, 0.4) is 0 Å². The summed E-state index contributed by atoms with van der Waals surface area (Å²) >= 11 is 0. The molecule has 4 fully saturated rings. The van der Waals surface area contributed by atoms with Gasteiger partial charge in [-0.15, -0.1) is 0 Å². The molecule has 4 aliphatic carbocycles. The van der Waals surface area contributed by atoms with Gasteiger partial charge in [-0.3, -0.25) is 9.59 Å². The molecule has 4 nitrogen and oxygen atoms in total. The molecule has 0 N–H and O–H groups in total. The highest BCUT2D eigenvalue weighted by Crippen LogP contribution is 2.41. The molecule has 4 rings (SSSR count). The number of carbonyl (C=O) groups excluding carboxylic acids is 2. The first-order valence-corrected chi connectivity index (χ1v) is 15.2. The highest BCUT2D eigenvalue weighted by Gasteiger charge is 2.43. The lowest BCUT2D eigenvalue weighted by Gasteiger charge is -2.41. The van der Waals surface area contributed by atoms with E-state index in [9.17, 15) is 9.59 Å². The van der Waals surface area contributed by atoms with E-state index in [4.69, 9.17) is 9.47 Å². The van der Waals surface area contributed by atoms with E-state index >= 15 is 0 Å². The van der Waals surface area contributed by atoms with Crippen molar-refractivity contribution in [3.05, 3.63) is 0 Å². The first kappa shape index (κ1) is 27.0. The van der Waals surface area contributed by atoms with E-state index in [1.165, 1.54) is 38.5 Å². The van der Waals surface area contributed by atoms with Crippen LogP contribution in [0, 0.1) is 35.0 Å². The number of hydrogen-bond donors (Lipinski definition) is 0. The third-order valence-electron chi connectivity index (χ3n) is 10.1. The molecule has 2 atom stereocenters. The normalized spacial score (nSPS) is 30.8. The highest BCUT2D eigenvalue weighted by molar-refractivity contribution is 5.74. The average Bonchev–Trinajstić information content (AvgIpc) is 2.87. The van der Waals surface area contributed by atoms with Crippen LogP contribution in [0.25, 0.3) is 0 Å². The van der Waals surface area contributed by atoms with Gasteiger partial charge in [0.25, 0.3) is 0 Å². The largest absolute Gasteiger partial charge is 0.458 e. The summed E-state index contributed by atoms with van der Waals surface area (Å²) < 4.78 is 13.0. The summed E-state index contributed by atoms with van der Waals surface area (Å²) in [5, 5.41) is 0. The fourth-order valence-corrected chi connectivity index (χ4v) is 7.38. The summed E-state index contributed by atoms with van der Waals surface area (Å²) in [4.78, 5) is 27.0. The lowest BCUT2D eigenvalue weighted by atomic mass is 9.73. The summed E-state index contributed by atoms with van der Waals surface area (Å²) in [5.41, 5.74) is 0.331. The van der Waals surface area contributed by atoms with Crippen molar-refractivity contribution < 1.29 is 19.1 Å². The second kappa shape index (κ2) is 12.5.